The van der Waals surface area contributed by atoms with E-state index in [0.29, 0.717) is 40.1 Å². The van der Waals surface area contributed by atoms with Crippen LogP contribution in [0.25, 0.3) is 5.57 Å². The largest absolute Gasteiger partial charge is 0.402 e. The zero-order valence-electron chi connectivity index (χ0n) is 16.8. The summed E-state index contributed by atoms with van der Waals surface area (Å²) in [4.78, 5) is 22.2. The summed E-state index contributed by atoms with van der Waals surface area (Å²) in [6.07, 6.45) is 2.34. The monoisotopic (exact) mass is 394 g/mol. The Morgan fingerprint density at radius 1 is 1.24 bits per heavy atom. The van der Waals surface area contributed by atoms with Crippen LogP contribution in [0.15, 0.2) is 36.3 Å². The van der Waals surface area contributed by atoms with Crippen molar-refractivity contribution in [3.63, 3.8) is 0 Å². The lowest BCUT2D eigenvalue weighted by molar-refractivity contribution is -0.103. The number of nitrogens with two attached hydrogens (primary N) is 2. The fourth-order valence-electron chi connectivity index (χ4n) is 3.49. The number of nitrogens with one attached hydrogen (secondary N) is 1. The molecule has 2 aromatic rings. The number of anilines is 2. The highest BCUT2D eigenvalue weighted by atomic mass is 16.5. The summed E-state index contributed by atoms with van der Waals surface area (Å²) in [5, 5.41) is 8.65. The topological polar surface area (TPSA) is 131 Å². The van der Waals surface area contributed by atoms with Crippen LogP contribution in [0.5, 0.6) is 0 Å². The van der Waals surface area contributed by atoms with Crippen LogP contribution in [-0.4, -0.2) is 47.3 Å². The van der Waals surface area contributed by atoms with E-state index in [1.165, 1.54) is 6.33 Å². The van der Waals surface area contributed by atoms with Crippen LogP contribution in [0.1, 0.15) is 37.6 Å². The molecule has 2 heterocycles. The van der Waals surface area contributed by atoms with E-state index in [9.17, 15) is 4.79 Å². The van der Waals surface area contributed by atoms with Crippen molar-refractivity contribution in [1.82, 2.24) is 9.97 Å². The molecule has 0 unspecified atom stereocenters. The summed E-state index contributed by atoms with van der Waals surface area (Å²) in [6.45, 7) is 7.14. The fourth-order valence-corrected chi connectivity index (χ4v) is 3.49. The van der Waals surface area contributed by atoms with Gasteiger partial charge in [-0.25, -0.2) is 9.97 Å². The predicted octanol–water partition coefficient (Wildman–Crippen LogP) is 1.98. The fraction of sp³-hybridized carbons (Fsp3) is 0.333. The van der Waals surface area contributed by atoms with E-state index in [-0.39, 0.29) is 17.9 Å². The van der Waals surface area contributed by atoms with Crippen LogP contribution in [0.3, 0.4) is 0 Å². The Kier molecular flexibility index (Phi) is 5.93. The van der Waals surface area contributed by atoms with Gasteiger partial charge < -0.3 is 21.1 Å². The van der Waals surface area contributed by atoms with E-state index in [0.717, 1.165) is 18.9 Å². The average molecular weight is 394 g/mol. The first-order valence-electron chi connectivity index (χ1n) is 9.43. The molecule has 1 fully saturated rings. The van der Waals surface area contributed by atoms with Gasteiger partial charge in [0.1, 0.15) is 12.1 Å². The van der Waals surface area contributed by atoms with E-state index >= 15 is 0 Å². The third-order valence-electron chi connectivity index (χ3n) is 4.83. The molecule has 8 nitrogen and oxygen atoms in total. The molecule has 0 bridgehead atoms. The first-order chi connectivity index (χ1) is 13.8. The van der Waals surface area contributed by atoms with Crippen molar-refractivity contribution < 1.29 is 9.53 Å². The molecule has 3 rings (SSSR count). The minimum Gasteiger partial charge on any atom is -0.402 e. The highest BCUT2D eigenvalue weighted by molar-refractivity contribution is 6.15. The van der Waals surface area contributed by atoms with Gasteiger partial charge in [-0.3, -0.25) is 10.2 Å². The minimum absolute atomic E-state index is 0.0944. The number of allylic oxidation sites excluding steroid dienone is 2. The van der Waals surface area contributed by atoms with Gasteiger partial charge in [-0.1, -0.05) is 6.07 Å². The normalized spacial score (nSPS) is 20.2. The average Bonchev–Trinajstić information content (AvgIpc) is 2.68. The van der Waals surface area contributed by atoms with Gasteiger partial charge in [-0.15, -0.1) is 0 Å². The predicted molar refractivity (Wildman–Crippen MR) is 114 cm³/mol. The lowest BCUT2D eigenvalue weighted by Gasteiger charge is -2.36. The smallest absolute Gasteiger partial charge is 0.152 e. The zero-order chi connectivity index (χ0) is 21.1. The summed E-state index contributed by atoms with van der Waals surface area (Å²) >= 11 is 0. The molecule has 2 atom stereocenters. The maximum Gasteiger partial charge on any atom is 0.152 e. The van der Waals surface area contributed by atoms with E-state index in [1.807, 2.05) is 13.8 Å². The Hall–Kier alpha value is -3.26. The standard InChI is InChI=1S/C21H26N6O2/c1-12-8-27(9-13(2)29-12)20-7-19(25-11-26-20)21(24)16-6-15(4-5-18(16)23)17(10-28)14(3)22/h4-7,10-13,24H,8-9,22-23H2,1-3H3/t12-,13+. The number of aldehydes is 1. The third kappa shape index (κ3) is 4.43. The van der Waals surface area contributed by atoms with Crippen molar-refractivity contribution in [2.24, 2.45) is 5.73 Å². The summed E-state index contributed by atoms with van der Waals surface area (Å²) in [5.74, 6) is 0.739. The van der Waals surface area contributed by atoms with Crippen molar-refractivity contribution in [2.45, 2.75) is 33.0 Å². The van der Waals surface area contributed by atoms with Crippen molar-refractivity contribution >= 4 is 29.1 Å². The molecule has 152 valence electrons. The van der Waals surface area contributed by atoms with E-state index in [2.05, 4.69) is 14.9 Å². The maximum absolute atomic E-state index is 11.4. The summed E-state index contributed by atoms with van der Waals surface area (Å²) in [5.41, 5.74) is 14.8. The second kappa shape index (κ2) is 8.40. The van der Waals surface area contributed by atoms with Crippen LogP contribution in [0, 0.1) is 5.41 Å². The number of benzene rings is 1. The van der Waals surface area contributed by atoms with Crippen LogP contribution < -0.4 is 16.4 Å². The molecule has 0 amide bonds. The number of hydrogen-bond acceptors (Lipinski definition) is 8. The van der Waals surface area contributed by atoms with Gasteiger partial charge in [-0.05, 0) is 38.5 Å². The van der Waals surface area contributed by atoms with Crippen LogP contribution in [0.4, 0.5) is 11.5 Å². The molecule has 5 N–H and O–H groups in total. The van der Waals surface area contributed by atoms with Crippen LogP contribution in [0.2, 0.25) is 0 Å². The molecule has 1 aliphatic rings. The Bertz CT molecular complexity index is 957. The summed E-state index contributed by atoms with van der Waals surface area (Å²) < 4.78 is 5.78. The maximum atomic E-state index is 11.4. The Labute approximate surface area is 170 Å². The molecule has 29 heavy (non-hydrogen) atoms. The van der Waals surface area contributed by atoms with Gasteiger partial charge in [0, 0.05) is 41.7 Å². The number of aromatic nitrogens is 2. The molecule has 8 heteroatoms. The van der Waals surface area contributed by atoms with Gasteiger partial charge in [0.2, 0.25) is 0 Å². The van der Waals surface area contributed by atoms with Gasteiger partial charge in [-0.2, -0.15) is 0 Å². The van der Waals surface area contributed by atoms with E-state index in [4.69, 9.17) is 21.6 Å². The molecule has 0 spiro atoms. The van der Waals surface area contributed by atoms with E-state index < -0.39 is 0 Å². The van der Waals surface area contributed by atoms with Crippen molar-refractivity contribution in [2.75, 3.05) is 23.7 Å². The lowest BCUT2D eigenvalue weighted by atomic mass is 9.97. The Balaban J connectivity index is 1.95. The number of carbonyl (C=O) groups excluding carboxylic acids is 1. The van der Waals surface area contributed by atoms with Crippen LogP contribution >= 0.6 is 0 Å². The number of carbonyl (C=O) groups is 1. The SMILES string of the molecule is CC(N)=C(C=O)c1ccc(N)c(C(=N)c2cc(N3C[C@@H](C)O[C@@H](C)C3)ncn2)c1. The quantitative estimate of drug-likeness (QED) is 0.306. The third-order valence-corrected chi connectivity index (χ3v) is 4.83. The molecule has 0 radical (unpaired) electrons. The first kappa shape index (κ1) is 20.5. The van der Waals surface area contributed by atoms with Crippen molar-refractivity contribution in [1.29, 1.82) is 5.41 Å². The second-order valence-electron chi connectivity index (χ2n) is 7.32. The molecule has 0 aliphatic carbocycles. The number of rotatable bonds is 5. The van der Waals surface area contributed by atoms with Gasteiger partial charge in [0.05, 0.1) is 23.6 Å². The summed E-state index contributed by atoms with van der Waals surface area (Å²) in [6, 6.07) is 6.86. The number of hydrogen-bond donors (Lipinski definition) is 3. The minimum atomic E-state index is 0.0944. The summed E-state index contributed by atoms with van der Waals surface area (Å²) in [7, 11) is 0. The number of morpholine rings is 1. The number of ether oxygens (including phenoxy) is 1. The second-order valence-corrected chi connectivity index (χ2v) is 7.32. The number of nitrogen functional groups attached to an aromatic ring is 1. The molecule has 1 aromatic carbocycles. The lowest BCUT2D eigenvalue weighted by Crippen LogP contribution is -2.45. The number of nitrogens with zero attached hydrogens (tertiary/aromatic N) is 3. The van der Waals surface area contributed by atoms with Gasteiger partial charge >= 0.3 is 0 Å². The van der Waals surface area contributed by atoms with Crippen molar-refractivity contribution in [3.8, 4) is 0 Å². The molecule has 1 saturated heterocycles. The molecule has 1 aliphatic heterocycles. The highest BCUT2D eigenvalue weighted by Crippen LogP contribution is 2.24. The molecule has 1 aromatic heterocycles. The molecule has 0 saturated carbocycles. The highest BCUT2D eigenvalue weighted by Gasteiger charge is 2.24. The van der Waals surface area contributed by atoms with Gasteiger partial charge in [0.15, 0.2) is 6.29 Å². The van der Waals surface area contributed by atoms with Crippen molar-refractivity contribution in [3.05, 3.63) is 53.1 Å². The Morgan fingerprint density at radius 2 is 1.93 bits per heavy atom. The Morgan fingerprint density at radius 3 is 2.55 bits per heavy atom. The van der Waals surface area contributed by atoms with Crippen LogP contribution in [-0.2, 0) is 9.53 Å². The first-order valence-corrected chi connectivity index (χ1v) is 9.43. The molecular formula is C21H26N6O2. The zero-order valence-corrected chi connectivity index (χ0v) is 16.8. The van der Waals surface area contributed by atoms with Gasteiger partial charge in [0.25, 0.3) is 0 Å². The molecular weight excluding hydrogens is 368 g/mol. The van der Waals surface area contributed by atoms with E-state index in [1.54, 1.807) is 31.2 Å².